The van der Waals surface area contributed by atoms with E-state index in [-0.39, 0.29) is 23.0 Å². The molecular weight excluding hydrogens is 364 g/mol. The molecule has 5 nitrogen and oxygen atoms in total. The SMILES string of the molecule is O=C(CCCN1CCCC1)Nc1cc(-c2ccc(F)c(C(F)(F)F)c2)n[nH]1. The van der Waals surface area contributed by atoms with Crippen molar-refractivity contribution in [2.45, 2.75) is 31.9 Å². The molecule has 9 heteroatoms. The zero-order valence-electron chi connectivity index (χ0n) is 14.6. The topological polar surface area (TPSA) is 61.0 Å². The van der Waals surface area contributed by atoms with Crippen LogP contribution in [0.2, 0.25) is 0 Å². The van der Waals surface area contributed by atoms with Crippen molar-refractivity contribution in [2.75, 3.05) is 25.0 Å². The van der Waals surface area contributed by atoms with Gasteiger partial charge in [0.1, 0.15) is 11.6 Å². The molecule has 0 bridgehead atoms. The maximum atomic E-state index is 13.4. The first-order chi connectivity index (χ1) is 12.8. The minimum atomic E-state index is -4.79. The predicted molar refractivity (Wildman–Crippen MR) is 92.5 cm³/mol. The summed E-state index contributed by atoms with van der Waals surface area (Å²) in [4.78, 5) is 14.3. The average Bonchev–Trinajstić information content (AvgIpc) is 3.26. The standard InChI is InChI=1S/C18H20F4N4O/c19-14-6-5-12(10-13(14)18(20,21)22)15-11-16(25-24-15)23-17(27)4-3-9-26-7-1-2-8-26/h5-6,10-11H,1-4,7-9H2,(H2,23,24,25,27). The smallest absolute Gasteiger partial charge is 0.311 e. The van der Waals surface area contributed by atoms with Crippen molar-refractivity contribution in [3.63, 3.8) is 0 Å². The lowest BCUT2D eigenvalue weighted by Gasteiger charge is -2.13. The molecular formula is C18H20F4N4O. The summed E-state index contributed by atoms with van der Waals surface area (Å²) >= 11 is 0. The highest BCUT2D eigenvalue weighted by Gasteiger charge is 2.34. The highest BCUT2D eigenvalue weighted by Crippen LogP contribution is 2.34. The number of carbonyl (C=O) groups excluding carboxylic acids is 1. The van der Waals surface area contributed by atoms with E-state index < -0.39 is 17.6 Å². The summed E-state index contributed by atoms with van der Waals surface area (Å²) < 4.78 is 51.9. The number of nitrogens with zero attached hydrogens (tertiary/aromatic N) is 2. The van der Waals surface area contributed by atoms with Crippen molar-refractivity contribution in [1.82, 2.24) is 15.1 Å². The van der Waals surface area contributed by atoms with Gasteiger partial charge in [-0.25, -0.2) is 4.39 Å². The molecule has 0 aliphatic carbocycles. The number of hydrogen-bond donors (Lipinski definition) is 2. The molecule has 1 aromatic heterocycles. The molecule has 0 atom stereocenters. The normalized spacial score (nSPS) is 15.3. The number of hydrogen-bond acceptors (Lipinski definition) is 3. The van der Waals surface area contributed by atoms with Crippen LogP contribution in [0.25, 0.3) is 11.3 Å². The van der Waals surface area contributed by atoms with Crippen molar-refractivity contribution in [2.24, 2.45) is 0 Å². The van der Waals surface area contributed by atoms with Crippen LogP contribution in [0.1, 0.15) is 31.2 Å². The van der Waals surface area contributed by atoms with Gasteiger partial charge in [-0.05, 0) is 57.1 Å². The number of nitrogens with one attached hydrogen (secondary N) is 2. The first kappa shape index (κ1) is 19.3. The molecule has 1 aromatic carbocycles. The zero-order valence-corrected chi connectivity index (χ0v) is 14.6. The third-order valence-corrected chi connectivity index (χ3v) is 4.50. The van der Waals surface area contributed by atoms with Gasteiger partial charge in [0.2, 0.25) is 5.91 Å². The summed E-state index contributed by atoms with van der Waals surface area (Å²) in [6.45, 7) is 3.02. The van der Waals surface area contributed by atoms with E-state index in [9.17, 15) is 22.4 Å². The Morgan fingerprint density at radius 1 is 1.22 bits per heavy atom. The van der Waals surface area contributed by atoms with Crippen LogP contribution in [0.5, 0.6) is 0 Å². The van der Waals surface area contributed by atoms with E-state index in [1.807, 2.05) is 0 Å². The fourth-order valence-electron chi connectivity index (χ4n) is 3.12. The Morgan fingerprint density at radius 3 is 2.67 bits per heavy atom. The van der Waals surface area contributed by atoms with Gasteiger partial charge in [-0.1, -0.05) is 0 Å². The second-order valence-corrected chi connectivity index (χ2v) is 6.56. The van der Waals surface area contributed by atoms with Gasteiger partial charge in [0, 0.05) is 18.1 Å². The van der Waals surface area contributed by atoms with Crippen molar-refractivity contribution in [1.29, 1.82) is 0 Å². The second kappa shape index (κ2) is 8.08. The van der Waals surface area contributed by atoms with Crippen LogP contribution >= 0.6 is 0 Å². The van der Waals surface area contributed by atoms with E-state index in [1.165, 1.54) is 25.0 Å². The number of aromatic amines is 1. The van der Waals surface area contributed by atoms with Crippen molar-refractivity contribution in [3.05, 3.63) is 35.6 Å². The molecule has 1 aliphatic rings. The van der Waals surface area contributed by atoms with Gasteiger partial charge in [-0.2, -0.15) is 18.3 Å². The Morgan fingerprint density at radius 2 is 1.96 bits per heavy atom. The lowest BCUT2D eigenvalue weighted by Crippen LogP contribution is -2.22. The lowest BCUT2D eigenvalue weighted by atomic mass is 10.1. The van der Waals surface area contributed by atoms with Crippen molar-refractivity contribution in [3.8, 4) is 11.3 Å². The van der Waals surface area contributed by atoms with Gasteiger partial charge in [-0.3, -0.25) is 9.89 Å². The number of halogens is 4. The molecule has 2 N–H and O–H groups in total. The Balaban J connectivity index is 1.58. The van der Waals surface area contributed by atoms with Gasteiger partial charge in [0.05, 0.1) is 11.3 Å². The second-order valence-electron chi connectivity index (χ2n) is 6.56. The maximum Gasteiger partial charge on any atom is 0.419 e. The molecule has 146 valence electrons. The highest BCUT2D eigenvalue weighted by molar-refractivity contribution is 5.90. The summed E-state index contributed by atoms with van der Waals surface area (Å²) in [5, 5.41) is 9.11. The Hall–Kier alpha value is -2.42. The first-order valence-corrected chi connectivity index (χ1v) is 8.77. The highest BCUT2D eigenvalue weighted by atomic mass is 19.4. The molecule has 1 amide bonds. The fourth-order valence-corrected chi connectivity index (χ4v) is 3.12. The van der Waals surface area contributed by atoms with E-state index in [0.29, 0.717) is 12.5 Å². The minimum Gasteiger partial charge on any atom is -0.311 e. The molecule has 2 heterocycles. The van der Waals surface area contributed by atoms with Crippen molar-refractivity contribution >= 4 is 11.7 Å². The number of likely N-dealkylation sites (tertiary alicyclic amines) is 1. The summed E-state index contributed by atoms with van der Waals surface area (Å²) in [6.07, 6.45) is -1.31. The summed E-state index contributed by atoms with van der Waals surface area (Å²) in [5.41, 5.74) is -1.06. The number of rotatable bonds is 6. The molecule has 1 saturated heterocycles. The van der Waals surface area contributed by atoms with E-state index >= 15 is 0 Å². The minimum absolute atomic E-state index is 0.106. The van der Waals surface area contributed by atoms with Gasteiger partial charge in [0.25, 0.3) is 0 Å². The number of aromatic nitrogens is 2. The van der Waals surface area contributed by atoms with Crippen LogP contribution < -0.4 is 5.32 Å². The Kier molecular flexibility index (Phi) is 5.79. The van der Waals surface area contributed by atoms with Gasteiger partial charge in [-0.15, -0.1) is 0 Å². The van der Waals surface area contributed by atoms with Crippen LogP contribution in [0.15, 0.2) is 24.3 Å². The van der Waals surface area contributed by atoms with Crippen LogP contribution in [-0.2, 0) is 11.0 Å². The van der Waals surface area contributed by atoms with E-state index in [0.717, 1.165) is 32.1 Å². The maximum absolute atomic E-state index is 13.4. The number of amides is 1. The molecule has 0 unspecified atom stereocenters. The van der Waals surface area contributed by atoms with Crippen LogP contribution in [0, 0.1) is 5.82 Å². The molecule has 1 fully saturated rings. The number of H-pyrrole nitrogens is 1. The van der Waals surface area contributed by atoms with Gasteiger partial charge >= 0.3 is 6.18 Å². The average molecular weight is 384 g/mol. The lowest BCUT2D eigenvalue weighted by molar-refractivity contribution is -0.140. The number of benzene rings is 1. The Bertz CT molecular complexity index is 797. The van der Waals surface area contributed by atoms with Gasteiger partial charge < -0.3 is 10.2 Å². The summed E-state index contributed by atoms with van der Waals surface area (Å²) in [7, 11) is 0. The number of alkyl halides is 3. The van der Waals surface area contributed by atoms with Crippen LogP contribution in [0.4, 0.5) is 23.4 Å². The molecule has 1 aliphatic heterocycles. The quantitative estimate of drug-likeness (QED) is 0.739. The molecule has 0 spiro atoms. The van der Waals surface area contributed by atoms with Gasteiger partial charge in [0.15, 0.2) is 0 Å². The fraction of sp³-hybridized carbons (Fsp3) is 0.444. The molecule has 0 radical (unpaired) electrons. The summed E-state index contributed by atoms with van der Waals surface area (Å²) in [5.74, 6) is -1.25. The van der Waals surface area contributed by atoms with Crippen LogP contribution in [-0.4, -0.2) is 40.6 Å². The summed E-state index contributed by atoms with van der Waals surface area (Å²) in [6, 6.07) is 4.09. The monoisotopic (exact) mass is 384 g/mol. The zero-order chi connectivity index (χ0) is 19.4. The predicted octanol–water partition coefficient (Wildman–Crippen LogP) is 4.05. The first-order valence-electron chi connectivity index (χ1n) is 8.77. The molecule has 27 heavy (non-hydrogen) atoms. The molecule has 0 saturated carbocycles. The molecule has 3 rings (SSSR count). The van der Waals surface area contributed by atoms with Crippen LogP contribution in [0.3, 0.4) is 0 Å². The number of anilines is 1. The van der Waals surface area contributed by atoms with E-state index in [4.69, 9.17) is 0 Å². The largest absolute Gasteiger partial charge is 0.419 e. The Labute approximate surface area is 153 Å². The third-order valence-electron chi connectivity index (χ3n) is 4.50. The van der Waals surface area contributed by atoms with E-state index in [1.54, 1.807) is 0 Å². The van der Waals surface area contributed by atoms with Crippen molar-refractivity contribution < 1.29 is 22.4 Å². The van der Waals surface area contributed by atoms with E-state index in [2.05, 4.69) is 20.4 Å². The third kappa shape index (κ3) is 5.06. The molecule has 2 aromatic rings. The number of carbonyl (C=O) groups is 1.